The summed E-state index contributed by atoms with van der Waals surface area (Å²) in [4.78, 5) is 23.5. The first-order valence-electron chi connectivity index (χ1n) is 8.36. The molecule has 136 valence electrons. The fraction of sp³-hybridized carbons (Fsp3) is 0.238. The lowest BCUT2D eigenvalue weighted by Gasteiger charge is -2.06. The topological polar surface area (TPSA) is 64.6 Å². The Hall–Kier alpha value is -3.08. The zero-order valence-corrected chi connectivity index (χ0v) is 15.2. The van der Waals surface area contributed by atoms with Gasteiger partial charge in [-0.1, -0.05) is 38.1 Å². The maximum absolute atomic E-state index is 11.8. The number of methoxy groups -OCH3 is 1. The van der Waals surface area contributed by atoms with E-state index in [1.807, 2.05) is 24.3 Å². The fourth-order valence-corrected chi connectivity index (χ4v) is 2.21. The molecular weight excluding hydrogens is 330 g/mol. The molecule has 0 radical (unpaired) electrons. The highest BCUT2D eigenvalue weighted by Gasteiger charge is 2.06. The van der Waals surface area contributed by atoms with Gasteiger partial charge in [-0.25, -0.2) is 4.79 Å². The quantitative estimate of drug-likeness (QED) is 0.603. The van der Waals surface area contributed by atoms with Gasteiger partial charge in [-0.3, -0.25) is 4.79 Å². The summed E-state index contributed by atoms with van der Waals surface area (Å²) in [6.45, 7) is 3.90. The van der Waals surface area contributed by atoms with Gasteiger partial charge in [-0.2, -0.15) is 0 Å². The van der Waals surface area contributed by atoms with E-state index in [0.29, 0.717) is 17.4 Å². The maximum Gasteiger partial charge on any atom is 0.331 e. The molecule has 0 spiro atoms. The Balaban J connectivity index is 1.78. The highest BCUT2D eigenvalue weighted by Crippen LogP contribution is 2.16. The van der Waals surface area contributed by atoms with Crippen LogP contribution in [0.15, 0.2) is 54.6 Å². The van der Waals surface area contributed by atoms with Crippen molar-refractivity contribution in [2.45, 2.75) is 19.8 Å². The molecule has 2 aromatic rings. The molecule has 5 nitrogen and oxygen atoms in total. The summed E-state index contributed by atoms with van der Waals surface area (Å²) in [7, 11) is 1.57. The van der Waals surface area contributed by atoms with E-state index < -0.39 is 11.9 Å². The van der Waals surface area contributed by atoms with Crippen LogP contribution in [-0.4, -0.2) is 25.6 Å². The number of rotatable bonds is 7. The predicted octanol–water partition coefficient (Wildman–Crippen LogP) is 4.01. The number of nitrogens with one attached hydrogen (secondary N) is 1. The third-order valence-electron chi connectivity index (χ3n) is 3.73. The summed E-state index contributed by atoms with van der Waals surface area (Å²) in [5, 5.41) is 2.64. The van der Waals surface area contributed by atoms with Crippen molar-refractivity contribution in [3.05, 3.63) is 65.7 Å². The Morgan fingerprint density at radius 1 is 1.04 bits per heavy atom. The average Bonchev–Trinajstić information content (AvgIpc) is 2.65. The van der Waals surface area contributed by atoms with Crippen molar-refractivity contribution in [2.75, 3.05) is 19.0 Å². The van der Waals surface area contributed by atoms with Gasteiger partial charge in [-0.05, 0) is 47.4 Å². The van der Waals surface area contributed by atoms with Crippen molar-refractivity contribution < 1.29 is 19.1 Å². The smallest absolute Gasteiger partial charge is 0.331 e. The Labute approximate surface area is 153 Å². The first-order chi connectivity index (χ1) is 12.5. The Morgan fingerprint density at radius 2 is 1.69 bits per heavy atom. The first kappa shape index (κ1) is 19.2. The molecule has 0 aliphatic carbocycles. The zero-order valence-electron chi connectivity index (χ0n) is 15.2. The van der Waals surface area contributed by atoms with Gasteiger partial charge in [0.2, 0.25) is 0 Å². The monoisotopic (exact) mass is 353 g/mol. The third kappa shape index (κ3) is 6.09. The van der Waals surface area contributed by atoms with Gasteiger partial charge < -0.3 is 14.8 Å². The number of esters is 1. The largest absolute Gasteiger partial charge is 0.497 e. The minimum absolute atomic E-state index is 0.346. The molecule has 0 saturated carbocycles. The van der Waals surface area contributed by atoms with Crippen LogP contribution in [0.5, 0.6) is 5.75 Å². The second kappa shape index (κ2) is 9.42. The highest BCUT2D eigenvalue weighted by atomic mass is 16.5. The van der Waals surface area contributed by atoms with Crippen molar-refractivity contribution in [2.24, 2.45) is 0 Å². The Morgan fingerprint density at radius 3 is 2.27 bits per heavy atom. The Bertz CT molecular complexity index is 762. The van der Waals surface area contributed by atoms with Crippen LogP contribution in [0.25, 0.3) is 6.08 Å². The molecule has 26 heavy (non-hydrogen) atoms. The van der Waals surface area contributed by atoms with Crippen molar-refractivity contribution in [3.63, 3.8) is 0 Å². The van der Waals surface area contributed by atoms with Crippen LogP contribution in [0.4, 0.5) is 5.69 Å². The number of amides is 1. The predicted molar refractivity (Wildman–Crippen MR) is 102 cm³/mol. The van der Waals surface area contributed by atoms with Crippen molar-refractivity contribution in [3.8, 4) is 5.75 Å². The second-order valence-corrected chi connectivity index (χ2v) is 6.04. The number of benzene rings is 2. The summed E-state index contributed by atoms with van der Waals surface area (Å²) < 4.78 is 9.99. The number of carbonyl (C=O) groups excluding carboxylic acids is 2. The van der Waals surface area contributed by atoms with Crippen LogP contribution in [0.1, 0.15) is 30.9 Å². The van der Waals surface area contributed by atoms with Gasteiger partial charge >= 0.3 is 5.97 Å². The van der Waals surface area contributed by atoms with Crippen molar-refractivity contribution in [1.82, 2.24) is 0 Å². The lowest BCUT2D eigenvalue weighted by molar-refractivity contribution is -0.142. The SMILES string of the molecule is COc1ccc(NC(=O)COC(=O)/C=C/c2ccc(C(C)C)cc2)cc1. The zero-order chi connectivity index (χ0) is 18.9. The average molecular weight is 353 g/mol. The summed E-state index contributed by atoms with van der Waals surface area (Å²) in [5.41, 5.74) is 2.74. The molecule has 0 aliphatic heterocycles. The van der Waals surface area contributed by atoms with E-state index in [0.717, 1.165) is 5.56 Å². The number of anilines is 1. The molecule has 1 amide bonds. The summed E-state index contributed by atoms with van der Waals surface area (Å²) in [6.07, 6.45) is 2.97. The van der Waals surface area contributed by atoms with Crippen molar-refractivity contribution >= 4 is 23.6 Å². The molecule has 0 atom stereocenters. The molecule has 2 aromatic carbocycles. The first-order valence-corrected chi connectivity index (χ1v) is 8.36. The van der Waals surface area contributed by atoms with Crippen molar-refractivity contribution in [1.29, 1.82) is 0 Å². The number of ether oxygens (including phenoxy) is 2. The molecule has 1 N–H and O–H groups in total. The van der Waals surface area contributed by atoms with E-state index in [4.69, 9.17) is 9.47 Å². The van der Waals surface area contributed by atoms with E-state index in [1.165, 1.54) is 11.6 Å². The van der Waals surface area contributed by atoms with Crippen LogP contribution in [0.3, 0.4) is 0 Å². The summed E-state index contributed by atoms with van der Waals surface area (Å²) in [5.74, 6) is 0.184. The molecule has 0 heterocycles. The number of hydrogen-bond acceptors (Lipinski definition) is 4. The van der Waals surface area contributed by atoms with Gasteiger partial charge in [0.05, 0.1) is 7.11 Å². The third-order valence-corrected chi connectivity index (χ3v) is 3.73. The standard InChI is InChI=1S/C21H23NO4/c1-15(2)17-7-4-16(5-8-17)6-13-21(24)26-14-20(23)22-18-9-11-19(25-3)12-10-18/h4-13,15H,14H2,1-3H3,(H,22,23)/b13-6+. The molecule has 0 aromatic heterocycles. The van der Waals surface area contributed by atoms with Crippen LogP contribution in [0.2, 0.25) is 0 Å². The minimum atomic E-state index is -0.567. The highest BCUT2D eigenvalue weighted by molar-refractivity contribution is 5.94. The van der Waals surface area contributed by atoms with E-state index in [-0.39, 0.29) is 6.61 Å². The number of hydrogen-bond donors (Lipinski definition) is 1. The van der Waals surface area contributed by atoms with Gasteiger partial charge in [0, 0.05) is 11.8 Å². The Kier molecular flexibility index (Phi) is 6.97. The van der Waals surface area contributed by atoms with Crippen LogP contribution >= 0.6 is 0 Å². The molecule has 0 bridgehead atoms. The summed E-state index contributed by atoms with van der Waals surface area (Å²) in [6, 6.07) is 14.8. The van der Waals surface area contributed by atoms with Gasteiger partial charge in [0.1, 0.15) is 5.75 Å². The van der Waals surface area contributed by atoms with Crippen LogP contribution in [0, 0.1) is 0 Å². The fourth-order valence-electron chi connectivity index (χ4n) is 2.21. The summed E-state index contributed by atoms with van der Waals surface area (Å²) >= 11 is 0. The minimum Gasteiger partial charge on any atom is -0.497 e. The lowest BCUT2D eigenvalue weighted by Crippen LogP contribution is -2.20. The molecular formula is C21H23NO4. The lowest BCUT2D eigenvalue weighted by atomic mass is 10.0. The molecule has 0 aliphatic rings. The number of carbonyl (C=O) groups is 2. The normalized spacial score (nSPS) is 10.8. The molecule has 0 fully saturated rings. The van der Waals surface area contributed by atoms with E-state index >= 15 is 0 Å². The van der Waals surface area contributed by atoms with E-state index in [1.54, 1.807) is 37.5 Å². The van der Waals surface area contributed by atoms with E-state index in [9.17, 15) is 9.59 Å². The van der Waals surface area contributed by atoms with Crippen LogP contribution in [-0.2, 0) is 14.3 Å². The van der Waals surface area contributed by atoms with E-state index in [2.05, 4.69) is 19.2 Å². The van der Waals surface area contributed by atoms with Crippen LogP contribution < -0.4 is 10.1 Å². The van der Waals surface area contributed by atoms with Gasteiger partial charge in [0.25, 0.3) is 5.91 Å². The van der Waals surface area contributed by atoms with Gasteiger partial charge in [-0.15, -0.1) is 0 Å². The molecule has 5 heteroatoms. The molecule has 0 saturated heterocycles. The molecule has 0 unspecified atom stereocenters. The van der Waals surface area contributed by atoms with Gasteiger partial charge in [0.15, 0.2) is 6.61 Å². The second-order valence-electron chi connectivity index (χ2n) is 6.04. The molecule has 2 rings (SSSR count). The maximum atomic E-state index is 11.8.